The van der Waals surface area contributed by atoms with Crippen molar-refractivity contribution in [3.05, 3.63) is 114 Å². The molecule has 0 amide bonds. The van der Waals surface area contributed by atoms with Gasteiger partial charge in [0.15, 0.2) is 11.5 Å². The summed E-state index contributed by atoms with van der Waals surface area (Å²) >= 11 is 0. The van der Waals surface area contributed by atoms with E-state index >= 15 is 0 Å². The molecular formula is C32H36NO3PS. The van der Waals surface area contributed by atoms with Crippen LogP contribution in [0.4, 0.5) is 0 Å². The molecule has 0 aromatic heterocycles. The van der Waals surface area contributed by atoms with E-state index in [0.717, 1.165) is 16.4 Å². The molecule has 4 nitrogen and oxygen atoms in total. The molecule has 4 aromatic carbocycles. The normalized spacial score (nSPS) is 13.4. The number of methoxy groups -OCH3 is 2. The van der Waals surface area contributed by atoms with Gasteiger partial charge in [-0.2, -0.15) is 0 Å². The van der Waals surface area contributed by atoms with Crippen molar-refractivity contribution >= 4 is 34.8 Å². The van der Waals surface area contributed by atoms with E-state index in [-0.39, 0.29) is 6.04 Å². The standard InChI is InChI=1S/C32H36NO3PS/c1-32(2,3)38(34)33(4)31(24-16-10-7-11-17-24)27-22-28(35-5)29(36-6)23-30(27)37(25-18-12-8-13-19-25)26-20-14-9-15-21-26/h7-23,31H,1-6H3/t31-,38-/m1/s1. The molecule has 0 unspecified atom stereocenters. The summed E-state index contributed by atoms with van der Waals surface area (Å²) < 4.78 is 27.0. The molecule has 2 atom stereocenters. The summed E-state index contributed by atoms with van der Waals surface area (Å²) in [5.74, 6) is 1.33. The van der Waals surface area contributed by atoms with Crippen molar-refractivity contribution in [3.8, 4) is 11.5 Å². The van der Waals surface area contributed by atoms with Gasteiger partial charge in [-0.05, 0) is 67.9 Å². The van der Waals surface area contributed by atoms with Crippen molar-refractivity contribution in [3.63, 3.8) is 0 Å². The summed E-state index contributed by atoms with van der Waals surface area (Å²) in [5, 5.41) is 3.60. The first-order chi connectivity index (χ1) is 18.3. The number of hydrogen-bond donors (Lipinski definition) is 0. The van der Waals surface area contributed by atoms with Gasteiger partial charge in [-0.1, -0.05) is 91.0 Å². The van der Waals surface area contributed by atoms with Gasteiger partial charge in [0.05, 0.1) is 25.0 Å². The van der Waals surface area contributed by atoms with Crippen molar-refractivity contribution < 1.29 is 13.7 Å². The Bertz CT molecular complexity index is 1320. The summed E-state index contributed by atoms with van der Waals surface area (Å²) in [7, 11) is 3.05. The first-order valence-electron chi connectivity index (χ1n) is 12.6. The Kier molecular flexibility index (Phi) is 9.04. The molecule has 4 rings (SSSR count). The monoisotopic (exact) mass is 545 g/mol. The Balaban J connectivity index is 2.06. The average molecular weight is 546 g/mol. The van der Waals surface area contributed by atoms with Crippen LogP contribution < -0.4 is 25.4 Å². The molecule has 0 N–H and O–H groups in total. The zero-order valence-electron chi connectivity index (χ0n) is 22.9. The lowest BCUT2D eigenvalue weighted by molar-refractivity contribution is 0.353. The summed E-state index contributed by atoms with van der Waals surface area (Å²) in [6.07, 6.45) is 0. The molecular weight excluding hydrogens is 509 g/mol. The molecule has 38 heavy (non-hydrogen) atoms. The second-order valence-electron chi connectivity index (χ2n) is 9.99. The zero-order chi connectivity index (χ0) is 27.3. The molecule has 0 aliphatic rings. The van der Waals surface area contributed by atoms with Crippen molar-refractivity contribution in [1.29, 1.82) is 0 Å². The molecule has 0 spiro atoms. The van der Waals surface area contributed by atoms with Crippen LogP contribution in [-0.4, -0.2) is 34.5 Å². The minimum atomic E-state index is -1.27. The molecule has 0 fully saturated rings. The highest BCUT2D eigenvalue weighted by molar-refractivity contribution is 7.84. The molecule has 6 heteroatoms. The van der Waals surface area contributed by atoms with Crippen LogP contribution in [0.15, 0.2) is 103 Å². The quantitative estimate of drug-likeness (QED) is 0.244. The number of nitrogens with zero attached hydrogens (tertiary/aromatic N) is 1. The van der Waals surface area contributed by atoms with Crippen molar-refractivity contribution in [2.24, 2.45) is 0 Å². The van der Waals surface area contributed by atoms with E-state index < -0.39 is 23.7 Å². The fourth-order valence-electron chi connectivity index (χ4n) is 4.63. The van der Waals surface area contributed by atoms with E-state index in [1.807, 2.05) is 62.5 Å². The second-order valence-corrected chi connectivity index (χ2v) is 14.5. The fraction of sp³-hybridized carbons (Fsp3) is 0.250. The van der Waals surface area contributed by atoms with E-state index in [9.17, 15) is 4.21 Å². The number of benzene rings is 4. The van der Waals surface area contributed by atoms with Gasteiger partial charge in [-0.25, -0.2) is 8.51 Å². The number of rotatable bonds is 9. The third kappa shape index (κ3) is 6.02. The molecule has 0 aliphatic heterocycles. The van der Waals surface area contributed by atoms with E-state index in [0.29, 0.717) is 11.5 Å². The van der Waals surface area contributed by atoms with Crippen LogP contribution in [0.1, 0.15) is 37.9 Å². The van der Waals surface area contributed by atoms with Crippen molar-refractivity contribution in [1.82, 2.24) is 4.31 Å². The van der Waals surface area contributed by atoms with Crippen LogP contribution in [0, 0.1) is 0 Å². The van der Waals surface area contributed by atoms with Gasteiger partial charge in [0.1, 0.15) is 11.0 Å². The lowest BCUT2D eigenvalue weighted by Crippen LogP contribution is -2.39. The Morgan fingerprint density at radius 2 is 1.18 bits per heavy atom. The predicted octanol–water partition coefficient (Wildman–Crippen LogP) is 5.95. The first-order valence-corrected chi connectivity index (χ1v) is 15.1. The van der Waals surface area contributed by atoms with Crippen LogP contribution >= 0.6 is 7.92 Å². The largest absolute Gasteiger partial charge is 0.493 e. The smallest absolute Gasteiger partial charge is 0.161 e. The lowest BCUT2D eigenvalue weighted by atomic mass is 9.98. The molecule has 4 aromatic rings. The second kappa shape index (κ2) is 12.3. The summed E-state index contributed by atoms with van der Waals surface area (Å²) in [6, 6.07) is 35.4. The van der Waals surface area contributed by atoms with Gasteiger partial charge in [-0.3, -0.25) is 0 Å². The molecule has 0 aliphatic carbocycles. The maximum absolute atomic E-state index is 13.8. The minimum absolute atomic E-state index is 0.275. The van der Waals surface area contributed by atoms with Gasteiger partial charge >= 0.3 is 0 Å². The summed E-state index contributed by atoms with van der Waals surface area (Å²) in [6.45, 7) is 6.04. The SMILES string of the molecule is COc1cc([C@@H](c2ccccc2)N(C)[S@](=O)C(C)(C)C)c(P(c2ccccc2)c2ccccc2)cc1OC. The van der Waals surface area contributed by atoms with Gasteiger partial charge in [0.2, 0.25) is 0 Å². The van der Waals surface area contributed by atoms with Crippen LogP contribution in [0.3, 0.4) is 0 Å². The minimum Gasteiger partial charge on any atom is -0.493 e. The third-order valence-electron chi connectivity index (χ3n) is 6.36. The zero-order valence-corrected chi connectivity index (χ0v) is 24.6. The lowest BCUT2D eigenvalue weighted by Gasteiger charge is -2.35. The fourth-order valence-corrected chi connectivity index (χ4v) is 8.40. The average Bonchev–Trinajstić information content (AvgIpc) is 2.94. The Hall–Kier alpha value is -2.98. The molecule has 198 valence electrons. The van der Waals surface area contributed by atoms with E-state index in [1.165, 1.54) is 10.6 Å². The number of hydrogen-bond acceptors (Lipinski definition) is 3. The highest BCUT2D eigenvalue weighted by Crippen LogP contribution is 2.43. The van der Waals surface area contributed by atoms with Gasteiger partial charge in [-0.15, -0.1) is 0 Å². The number of ether oxygens (including phenoxy) is 2. The molecule has 0 radical (unpaired) electrons. The molecule has 0 saturated carbocycles. The molecule has 0 heterocycles. The van der Waals surface area contributed by atoms with Crippen molar-refractivity contribution in [2.45, 2.75) is 31.6 Å². The first kappa shape index (κ1) is 28.0. The van der Waals surface area contributed by atoms with Gasteiger partial charge in [0, 0.05) is 7.05 Å². The predicted molar refractivity (Wildman–Crippen MR) is 162 cm³/mol. The van der Waals surface area contributed by atoms with Crippen LogP contribution in [0.25, 0.3) is 0 Å². The molecule has 0 saturated heterocycles. The Morgan fingerprint density at radius 3 is 1.63 bits per heavy atom. The van der Waals surface area contributed by atoms with Crippen LogP contribution in [0.2, 0.25) is 0 Å². The Labute approximate surface area is 231 Å². The summed E-state index contributed by atoms with van der Waals surface area (Å²) in [4.78, 5) is 0. The highest BCUT2D eigenvalue weighted by Gasteiger charge is 2.34. The third-order valence-corrected chi connectivity index (χ3v) is 10.6. The van der Waals surface area contributed by atoms with E-state index in [2.05, 4.69) is 72.8 Å². The molecule has 0 bridgehead atoms. The van der Waals surface area contributed by atoms with Gasteiger partial charge in [0.25, 0.3) is 0 Å². The maximum Gasteiger partial charge on any atom is 0.161 e. The summed E-state index contributed by atoms with van der Waals surface area (Å²) in [5.41, 5.74) is 2.12. The van der Waals surface area contributed by atoms with E-state index in [4.69, 9.17) is 9.47 Å². The highest BCUT2D eigenvalue weighted by atomic mass is 32.2. The van der Waals surface area contributed by atoms with Gasteiger partial charge < -0.3 is 9.47 Å². The van der Waals surface area contributed by atoms with Crippen LogP contribution in [-0.2, 0) is 11.0 Å². The van der Waals surface area contributed by atoms with Crippen molar-refractivity contribution in [2.75, 3.05) is 21.3 Å². The Morgan fingerprint density at radius 1 is 0.737 bits per heavy atom. The van der Waals surface area contributed by atoms with E-state index in [1.54, 1.807) is 14.2 Å². The van der Waals surface area contributed by atoms with Crippen LogP contribution in [0.5, 0.6) is 11.5 Å². The topological polar surface area (TPSA) is 38.8 Å². The maximum atomic E-state index is 13.8.